The number of amides is 3. The number of hydrogen-bond donors (Lipinski definition) is 3. The molecule has 2 fully saturated rings. The number of imidazole rings is 1. The van der Waals surface area contributed by atoms with Crippen molar-refractivity contribution in [3.63, 3.8) is 0 Å². The topological polar surface area (TPSA) is 128 Å². The molecular weight excluding hydrogens is 465 g/mol. The van der Waals surface area contributed by atoms with E-state index in [9.17, 15) is 18.8 Å². The summed E-state index contributed by atoms with van der Waals surface area (Å²) in [5.74, 6) is -2.12. The quantitative estimate of drug-likeness (QED) is 0.548. The van der Waals surface area contributed by atoms with E-state index in [0.29, 0.717) is 44.5 Å². The average Bonchev–Trinajstić information content (AvgIpc) is 3.49. The highest BCUT2D eigenvalue weighted by atomic mass is 35.5. The van der Waals surface area contributed by atoms with Crippen LogP contribution in [0.4, 0.5) is 10.1 Å². The molecule has 1 aliphatic carbocycles. The molecule has 1 unspecified atom stereocenters. The third-order valence-electron chi connectivity index (χ3n) is 6.41. The molecule has 3 amide bonds. The zero-order valence-corrected chi connectivity index (χ0v) is 19.3. The minimum Gasteiger partial charge on any atom is -0.376 e. The molecule has 2 heterocycles. The molecule has 4 rings (SSSR count). The Hall–Kier alpha value is -2.98. The molecule has 1 saturated carbocycles. The largest absolute Gasteiger partial charge is 0.376 e. The number of nitrogens with one attached hydrogen (secondary N) is 2. The highest BCUT2D eigenvalue weighted by Crippen LogP contribution is 2.34. The minimum atomic E-state index is -0.731. The molecule has 1 aromatic carbocycles. The van der Waals surface area contributed by atoms with Crippen molar-refractivity contribution in [3.05, 3.63) is 46.8 Å². The smallest absolute Gasteiger partial charge is 0.272 e. The summed E-state index contributed by atoms with van der Waals surface area (Å²) in [5.41, 5.74) is 6.02. The van der Waals surface area contributed by atoms with Crippen molar-refractivity contribution in [2.45, 2.75) is 50.7 Å². The molecule has 2 aromatic rings. The van der Waals surface area contributed by atoms with Gasteiger partial charge >= 0.3 is 0 Å². The van der Waals surface area contributed by atoms with E-state index in [1.165, 1.54) is 18.5 Å². The van der Waals surface area contributed by atoms with Crippen LogP contribution in [0.15, 0.2) is 24.5 Å². The first-order chi connectivity index (χ1) is 16.3. The second-order valence-electron chi connectivity index (χ2n) is 8.68. The molecule has 2 aliphatic rings. The van der Waals surface area contributed by atoms with Gasteiger partial charge in [-0.15, -0.1) is 0 Å². The molecule has 34 heavy (non-hydrogen) atoms. The lowest BCUT2D eigenvalue weighted by molar-refractivity contribution is -0.121. The number of carbonyl (C=O) groups excluding carboxylic acids is 3. The van der Waals surface area contributed by atoms with Crippen LogP contribution in [0.2, 0.25) is 5.02 Å². The van der Waals surface area contributed by atoms with Crippen molar-refractivity contribution in [2.24, 2.45) is 11.7 Å². The highest BCUT2D eigenvalue weighted by Gasteiger charge is 2.31. The zero-order valence-electron chi connectivity index (χ0n) is 18.6. The van der Waals surface area contributed by atoms with E-state index in [0.717, 1.165) is 18.9 Å². The van der Waals surface area contributed by atoms with Gasteiger partial charge in [-0.25, -0.2) is 9.37 Å². The second-order valence-corrected chi connectivity index (χ2v) is 9.08. The van der Waals surface area contributed by atoms with Gasteiger partial charge in [0, 0.05) is 25.1 Å². The standard InChI is InChI=1S/C23H27ClFN5O4/c24-17-10-14(25)5-8-18(17)29-22(32)13-3-6-15(7-4-13)30-12-28-19(20(30)21(26)31)23(33)27-11-16-2-1-9-34-16/h5,8,10,12-13,15-16H,1-4,6-7,9,11H2,(H2,26,31)(H,27,33)(H,29,32). The summed E-state index contributed by atoms with van der Waals surface area (Å²) in [6.45, 7) is 1.03. The number of aromatic nitrogens is 2. The highest BCUT2D eigenvalue weighted by molar-refractivity contribution is 6.33. The molecule has 1 atom stereocenters. The Kier molecular flexibility index (Phi) is 7.47. The third-order valence-corrected chi connectivity index (χ3v) is 6.72. The second kappa shape index (κ2) is 10.5. The first-order valence-electron chi connectivity index (χ1n) is 11.4. The van der Waals surface area contributed by atoms with E-state index in [1.54, 1.807) is 4.57 Å². The Balaban J connectivity index is 1.38. The summed E-state index contributed by atoms with van der Waals surface area (Å²) in [6.07, 6.45) is 5.59. The van der Waals surface area contributed by atoms with Gasteiger partial charge in [-0.2, -0.15) is 0 Å². The fourth-order valence-electron chi connectivity index (χ4n) is 4.59. The van der Waals surface area contributed by atoms with E-state index in [-0.39, 0.29) is 40.4 Å². The van der Waals surface area contributed by atoms with Crippen molar-refractivity contribution in [1.82, 2.24) is 14.9 Å². The summed E-state index contributed by atoms with van der Waals surface area (Å²) in [6, 6.07) is 3.69. The van der Waals surface area contributed by atoms with Crippen molar-refractivity contribution >= 4 is 35.0 Å². The normalized spacial score (nSPS) is 22.4. The van der Waals surface area contributed by atoms with Crippen molar-refractivity contribution in [3.8, 4) is 0 Å². The summed E-state index contributed by atoms with van der Waals surface area (Å²) >= 11 is 6.00. The Morgan fingerprint density at radius 3 is 2.62 bits per heavy atom. The van der Waals surface area contributed by atoms with E-state index < -0.39 is 17.6 Å². The van der Waals surface area contributed by atoms with Gasteiger partial charge in [0.25, 0.3) is 11.8 Å². The Morgan fingerprint density at radius 1 is 1.21 bits per heavy atom. The van der Waals surface area contributed by atoms with Crippen molar-refractivity contribution in [1.29, 1.82) is 0 Å². The third kappa shape index (κ3) is 5.39. The lowest BCUT2D eigenvalue weighted by atomic mass is 9.85. The maximum Gasteiger partial charge on any atom is 0.272 e. The molecule has 0 bridgehead atoms. The molecule has 0 radical (unpaired) electrons. The number of halogens is 2. The van der Waals surface area contributed by atoms with Crippen molar-refractivity contribution in [2.75, 3.05) is 18.5 Å². The SMILES string of the molecule is NC(=O)c1c(C(=O)NCC2CCCO2)ncn1C1CCC(C(=O)Nc2ccc(F)cc2Cl)CC1. The van der Waals surface area contributed by atoms with E-state index in [1.807, 2.05) is 0 Å². The Labute approximate surface area is 201 Å². The van der Waals surface area contributed by atoms with Crippen LogP contribution in [-0.2, 0) is 9.53 Å². The molecule has 1 aromatic heterocycles. The van der Waals surface area contributed by atoms with Crippen LogP contribution >= 0.6 is 11.6 Å². The molecule has 1 saturated heterocycles. The van der Waals surface area contributed by atoms with Crippen LogP contribution in [-0.4, -0.2) is 46.5 Å². The van der Waals surface area contributed by atoms with Crippen molar-refractivity contribution < 1.29 is 23.5 Å². The Morgan fingerprint density at radius 2 is 1.97 bits per heavy atom. The first-order valence-corrected chi connectivity index (χ1v) is 11.7. The summed E-state index contributed by atoms with van der Waals surface area (Å²) < 4.78 is 20.4. The lowest BCUT2D eigenvalue weighted by Gasteiger charge is -2.29. The van der Waals surface area contributed by atoms with Gasteiger partial charge in [0.05, 0.1) is 23.1 Å². The average molecular weight is 492 g/mol. The van der Waals surface area contributed by atoms with Gasteiger partial charge < -0.3 is 25.7 Å². The van der Waals surface area contributed by atoms with Crippen LogP contribution < -0.4 is 16.4 Å². The Bertz CT molecular complexity index is 1080. The van der Waals surface area contributed by atoms with Gasteiger partial charge in [0.2, 0.25) is 5.91 Å². The number of nitrogens with zero attached hydrogens (tertiary/aromatic N) is 2. The number of benzene rings is 1. The first kappa shape index (κ1) is 24.2. The maximum absolute atomic E-state index is 13.2. The molecule has 1 aliphatic heterocycles. The zero-order chi connectivity index (χ0) is 24.2. The minimum absolute atomic E-state index is 0.00341. The predicted molar refractivity (Wildman–Crippen MR) is 123 cm³/mol. The summed E-state index contributed by atoms with van der Waals surface area (Å²) in [7, 11) is 0. The molecule has 182 valence electrons. The van der Waals surface area contributed by atoms with Crippen LogP contribution in [0.25, 0.3) is 0 Å². The van der Waals surface area contributed by atoms with E-state index in [4.69, 9.17) is 22.1 Å². The molecule has 4 N–H and O–H groups in total. The maximum atomic E-state index is 13.2. The summed E-state index contributed by atoms with van der Waals surface area (Å²) in [4.78, 5) is 41.7. The molecule has 9 nitrogen and oxygen atoms in total. The number of rotatable bonds is 7. The van der Waals surface area contributed by atoms with Gasteiger partial charge in [-0.05, 0) is 56.7 Å². The van der Waals surface area contributed by atoms with Crippen LogP contribution in [0.3, 0.4) is 0 Å². The van der Waals surface area contributed by atoms with E-state index >= 15 is 0 Å². The van der Waals surface area contributed by atoms with Gasteiger partial charge in [-0.3, -0.25) is 14.4 Å². The fourth-order valence-corrected chi connectivity index (χ4v) is 4.80. The molecule has 11 heteroatoms. The monoisotopic (exact) mass is 491 g/mol. The fraction of sp³-hybridized carbons (Fsp3) is 0.478. The number of hydrogen-bond acceptors (Lipinski definition) is 5. The predicted octanol–water partition coefficient (Wildman–Crippen LogP) is 3.05. The van der Waals surface area contributed by atoms with Crippen LogP contribution in [0.5, 0.6) is 0 Å². The molecular formula is C23H27ClFN5O4. The van der Waals surface area contributed by atoms with Crippen LogP contribution in [0.1, 0.15) is 65.5 Å². The number of ether oxygens (including phenoxy) is 1. The summed E-state index contributed by atoms with van der Waals surface area (Å²) in [5, 5.41) is 5.66. The number of primary amides is 1. The number of carbonyl (C=O) groups is 3. The molecule has 0 spiro atoms. The van der Waals surface area contributed by atoms with Gasteiger partial charge in [-0.1, -0.05) is 11.6 Å². The van der Waals surface area contributed by atoms with Crippen LogP contribution in [0, 0.1) is 11.7 Å². The number of anilines is 1. The van der Waals surface area contributed by atoms with Gasteiger partial charge in [0.1, 0.15) is 11.5 Å². The van der Waals surface area contributed by atoms with Gasteiger partial charge in [0.15, 0.2) is 5.69 Å². The number of nitrogens with two attached hydrogens (primary N) is 1. The lowest BCUT2D eigenvalue weighted by Crippen LogP contribution is -2.34. The van der Waals surface area contributed by atoms with E-state index in [2.05, 4.69) is 15.6 Å².